The van der Waals surface area contributed by atoms with Gasteiger partial charge in [0.2, 0.25) is 5.78 Å². The molecule has 1 N–H and O–H groups in total. The van der Waals surface area contributed by atoms with E-state index in [-0.39, 0.29) is 0 Å². The van der Waals surface area contributed by atoms with Gasteiger partial charge in [-0.2, -0.15) is 0 Å². The average Bonchev–Trinajstić information content (AvgIpc) is 3.28. The molecule has 1 aliphatic carbocycles. The van der Waals surface area contributed by atoms with E-state index >= 15 is 0 Å². The fourth-order valence-corrected chi connectivity index (χ4v) is 3.31. The standard InChI is InChI=1S/C16H23N5/c1-2-7-17-13(4-1)10-21(15-5-6-15)12-14-11-20-9-3-8-18-16(20)19-14/h3,8-9,11,13,15,17H,1-2,4-7,10,12H2. The van der Waals surface area contributed by atoms with Gasteiger partial charge in [-0.25, -0.2) is 9.97 Å². The molecule has 0 spiro atoms. The molecule has 5 heteroatoms. The van der Waals surface area contributed by atoms with E-state index in [1.54, 1.807) is 6.20 Å². The molecule has 21 heavy (non-hydrogen) atoms. The number of hydrogen-bond donors (Lipinski definition) is 1. The third-order valence-corrected chi connectivity index (χ3v) is 4.58. The van der Waals surface area contributed by atoms with Crippen molar-refractivity contribution in [1.29, 1.82) is 0 Å². The van der Waals surface area contributed by atoms with Crippen LogP contribution in [0.4, 0.5) is 0 Å². The zero-order valence-corrected chi connectivity index (χ0v) is 12.4. The normalized spacial score (nSPS) is 23.0. The SMILES string of the molecule is c1cnc2nc(CN(CC3CCCCN3)C3CC3)cn2c1. The Morgan fingerprint density at radius 1 is 1.29 bits per heavy atom. The van der Waals surface area contributed by atoms with Crippen LogP contribution < -0.4 is 5.32 Å². The van der Waals surface area contributed by atoms with Crippen molar-refractivity contribution in [2.45, 2.75) is 50.7 Å². The number of aromatic nitrogens is 3. The van der Waals surface area contributed by atoms with Crippen LogP contribution in [0, 0.1) is 0 Å². The molecule has 0 aromatic carbocycles. The Hall–Kier alpha value is -1.46. The Balaban J connectivity index is 1.46. The largest absolute Gasteiger partial charge is 0.313 e. The van der Waals surface area contributed by atoms with Gasteiger partial charge < -0.3 is 5.32 Å². The van der Waals surface area contributed by atoms with Crippen molar-refractivity contribution >= 4 is 5.78 Å². The van der Waals surface area contributed by atoms with E-state index in [1.165, 1.54) is 38.6 Å². The molecule has 2 aliphatic rings. The van der Waals surface area contributed by atoms with Gasteiger partial charge in [0, 0.05) is 43.8 Å². The lowest BCUT2D eigenvalue weighted by Crippen LogP contribution is -2.44. The molecule has 112 valence electrons. The Bertz CT molecular complexity index is 564. The topological polar surface area (TPSA) is 45.5 Å². The van der Waals surface area contributed by atoms with Crippen LogP contribution in [-0.2, 0) is 6.54 Å². The van der Waals surface area contributed by atoms with E-state index in [0.717, 1.165) is 30.6 Å². The van der Waals surface area contributed by atoms with Crippen molar-refractivity contribution in [2.75, 3.05) is 13.1 Å². The highest BCUT2D eigenvalue weighted by Crippen LogP contribution is 2.29. The minimum atomic E-state index is 0.662. The number of imidazole rings is 1. The van der Waals surface area contributed by atoms with Crippen molar-refractivity contribution in [3.8, 4) is 0 Å². The maximum Gasteiger partial charge on any atom is 0.233 e. The third-order valence-electron chi connectivity index (χ3n) is 4.58. The highest BCUT2D eigenvalue weighted by atomic mass is 15.2. The fraction of sp³-hybridized carbons (Fsp3) is 0.625. The molecule has 3 heterocycles. The summed E-state index contributed by atoms with van der Waals surface area (Å²) in [6.07, 6.45) is 12.6. The monoisotopic (exact) mass is 285 g/mol. The first-order valence-electron chi connectivity index (χ1n) is 8.14. The van der Waals surface area contributed by atoms with Gasteiger partial charge in [0.15, 0.2) is 0 Å². The summed E-state index contributed by atoms with van der Waals surface area (Å²) in [6, 6.07) is 3.38. The molecule has 1 saturated carbocycles. The summed E-state index contributed by atoms with van der Waals surface area (Å²) in [4.78, 5) is 11.6. The Kier molecular flexibility index (Phi) is 3.61. The van der Waals surface area contributed by atoms with Crippen LogP contribution >= 0.6 is 0 Å². The van der Waals surface area contributed by atoms with E-state index in [9.17, 15) is 0 Å². The molecule has 2 aromatic heterocycles. The predicted octanol–water partition coefficient (Wildman–Crippen LogP) is 1.84. The van der Waals surface area contributed by atoms with Crippen molar-refractivity contribution in [2.24, 2.45) is 0 Å². The number of rotatable bonds is 5. The van der Waals surface area contributed by atoms with Crippen molar-refractivity contribution in [1.82, 2.24) is 24.6 Å². The molecule has 5 nitrogen and oxygen atoms in total. The van der Waals surface area contributed by atoms with Gasteiger partial charge in [-0.1, -0.05) is 6.42 Å². The maximum absolute atomic E-state index is 4.65. The zero-order valence-electron chi connectivity index (χ0n) is 12.4. The second kappa shape index (κ2) is 5.73. The highest BCUT2D eigenvalue weighted by Gasteiger charge is 2.31. The number of nitrogens with one attached hydrogen (secondary N) is 1. The van der Waals surface area contributed by atoms with Gasteiger partial charge in [-0.15, -0.1) is 0 Å². The molecular formula is C16H23N5. The van der Waals surface area contributed by atoms with E-state index in [4.69, 9.17) is 0 Å². The first-order chi connectivity index (χ1) is 10.4. The first-order valence-corrected chi connectivity index (χ1v) is 8.14. The van der Waals surface area contributed by atoms with E-state index in [1.807, 2.05) is 16.7 Å². The molecule has 0 bridgehead atoms. The van der Waals surface area contributed by atoms with Crippen LogP contribution in [0.15, 0.2) is 24.7 Å². The lowest BCUT2D eigenvalue weighted by molar-refractivity contribution is 0.206. The summed E-state index contributed by atoms with van der Waals surface area (Å²) < 4.78 is 2.01. The average molecular weight is 285 g/mol. The second-order valence-electron chi connectivity index (χ2n) is 6.37. The van der Waals surface area contributed by atoms with Gasteiger partial charge in [-0.05, 0) is 38.3 Å². The summed E-state index contributed by atoms with van der Waals surface area (Å²) in [5, 5.41) is 3.66. The third kappa shape index (κ3) is 3.09. The fourth-order valence-electron chi connectivity index (χ4n) is 3.31. The Labute approximate surface area is 125 Å². The maximum atomic E-state index is 4.65. The van der Waals surface area contributed by atoms with Gasteiger partial charge in [0.05, 0.1) is 5.69 Å². The van der Waals surface area contributed by atoms with Crippen LogP contribution in [0.1, 0.15) is 37.8 Å². The minimum absolute atomic E-state index is 0.662. The van der Waals surface area contributed by atoms with E-state index in [2.05, 4.69) is 26.4 Å². The molecule has 1 saturated heterocycles. The molecule has 1 aliphatic heterocycles. The quantitative estimate of drug-likeness (QED) is 0.910. The number of nitrogens with zero attached hydrogens (tertiary/aromatic N) is 4. The summed E-state index contributed by atoms with van der Waals surface area (Å²) >= 11 is 0. The molecule has 1 unspecified atom stereocenters. The summed E-state index contributed by atoms with van der Waals surface area (Å²) in [7, 11) is 0. The lowest BCUT2D eigenvalue weighted by Gasteiger charge is -2.30. The van der Waals surface area contributed by atoms with Gasteiger partial charge in [-0.3, -0.25) is 9.30 Å². The number of fused-ring (bicyclic) bond motifs is 1. The zero-order chi connectivity index (χ0) is 14.1. The molecular weight excluding hydrogens is 262 g/mol. The van der Waals surface area contributed by atoms with Crippen LogP contribution in [-0.4, -0.2) is 44.4 Å². The summed E-state index contributed by atoms with van der Waals surface area (Å²) in [6.45, 7) is 3.29. The molecule has 0 radical (unpaired) electrons. The Morgan fingerprint density at radius 3 is 3.00 bits per heavy atom. The van der Waals surface area contributed by atoms with Crippen molar-refractivity contribution < 1.29 is 0 Å². The number of hydrogen-bond acceptors (Lipinski definition) is 4. The molecule has 4 rings (SSSR count). The second-order valence-corrected chi connectivity index (χ2v) is 6.37. The minimum Gasteiger partial charge on any atom is -0.313 e. The molecule has 2 fully saturated rings. The van der Waals surface area contributed by atoms with Crippen LogP contribution in [0.2, 0.25) is 0 Å². The predicted molar refractivity (Wildman–Crippen MR) is 82.1 cm³/mol. The molecule has 2 aromatic rings. The molecule has 0 amide bonds. The van der Waals surface area contributed by atoms with E-state index < -0.39 is 0 Å². The first kappa shape index (κ1) is 13.2. The van der Waals surface area contributed by atoms with E-state index in [0.29, 0.717) is 6.04 Å². The van der Waals surface area contributed by atoms with Gasteiger partial charge in [0.25, 0.3) is 0 Å². The van der Waals surface area contributed by atoms with Crippen molar-refractivity contribution in [3.63, 3.8) is 0 Å². The molecule has 1 atom stereocenters. The summed E-state index contributed by atoms with van der Waals surface area (Å²) in [5.74, 6) is 0.805. The van der Waals surface area contributed by atoms with Crippen molar-refractivity contribution in [3.05, 3.63) is 30.4 Å². The summed E-state index contributed by atoms with van der Waals surface area (Å²) in [5.41, 5.74) is 1.14. The lowest BCUT2D eigenvalue weighted by atomic mass is 10.0. The van der Waals surface area contributed by atoms with Crippen LogP contribution in [0.3, 0.4) is 0 Å². The van der Waals surface area contributed by atoms with Gasteiger partial charge in [0.1, 0.15) is 0 Å². The van der Waals surface area contributed by atoms with Crippen LogP contribution in [0.25, 0.3) is 5.78 Å². The number of piperidine rings is 1. The highest BCUT2D eigenvalue weighted by molar-refractivity contribution is 5.29. The smallest absolute Gasteiger partial charge is 0.233 e. The van der Waals surface area contributed by atoms with Crippen LogP contribution in [0.5, 0.6) is 0 Å². The Morgan fingerprint density at radius 2 is 2.24 bits per heavy atom. The van der Waals surface area contributed by atoms with Gasteiger partial charge >= 0.3 is 0 Å².